The van der Waals surface area contributed by atoms with E-state index in [-0.39, 0.29) is 11.4 Å². The topological polar surface area (TPSA) is 49.0 Å². The summed E-state index contributed by atoms with van der Waals surface area (Å²) in [6.07, 6.45) is 2.18. The molecule has 2 heterocycles. The Kier molecular flexibility index (Phi) is 4.35. The van der Waals surface area contributed by atoms with Gasteiger partial charge in [0.05, 0.1) is 28.0 Å². The van der Waals surface area contributed by atoms with Gasteiger partial charge in [0.2, 0.25) is 5.91 Å². The van der Waals surface area contributed by atoms with Crippen LogP contribution in [0.15, 0.2) is 53.7 Å². The highest BCUT2D eigenvalue weighted by atomic mass is 32.2. The van der Waals surface area contributed by atoms with Crippen LogP contribution in [0.1, 0.15) is 31.9 Å². The fourth-order valence-electron chi connectivity index (χ4n) is 3.79. The molecule has 5 heteroatoms. The molecule has 0 bridgehead atoms. The number of amides is 1. The van der Waals surface area contributed by atoms with E-state index in [9.17, 15) is 4.79 Å². The number of carbonyl (C=O) groups is 1. The molecule has 0 atom stereocenters. The molecule has 0 saturated carbocycles. The highest BCUT2D eigenvalue weighted by molar-refractivity contribution is 7.99. The molecule has 27 heavy (non-hydrogen) atoms. The number of benzene rings is 2. The number of hydrogen-bond acceptors (Lipinski definition) is 3. The molecular weight excluding hydrogens is 354 g/mol. The average Bonchev–Trinajstić information content (AvgIpc) is 3.03. The van der Waals surface area contributed by atoms with Gasteiger partial charge in [0.25, 0.3) is 0 Å². The Morgan fingerprint density at radius 1 is 1.19 bits per heavy atom. The molecule has 1 amide bonds. The number of allylic oxidation sites excluding steroid dienone is 1. The van der Waals surface area contributed by atoms with Crippen molar-refractivity contribution in [2.45, 2.75) is 38.4 Å². The Morgan fingerprint density at radius 3 is 2.74 bits per heavy atom. The third-order valence-electron chi connectivity index (χ3n) is 4.91. The Bertz CT molecular complexity index is 1030. The molecule has 0 radical (unpaired) electrons. The van der Waals surface area contributed by atoms with Crippen LogP contribution < -0.4 is 4.90 Å². The number of carbonyl (C=O) groups excluding carboxylic acids is 1. The molecule has 1 aromatic heterocycles. The zero-order valence-corrected chi connectivity index (χ0v) is 16.9. The van der Waals surface area contributed by atoms with E-state index in [0.29, 0.717) is 5.75 Å². The lowest BCUT2D eigenvalue weighted by Crippen LogP contribution is -2.49. The zero-order chi connectivity index (χ0) is 19.2. The monoisotopic (exact) mass is 377 g/mol. The molecule has 4 nitrogen and oxygen atoms in total. The summed E-state index contributed by atoms with van der Waals surface area (Å²) in [5.74, 6) is 0.419. The molecule has 4 rings (SSSR count). The van der Waals surface area contributed by atoms with Crippen LogP contribution in [0.25, 0.3) is 16.6 Å². The number of hydrogen-bond donors (Lipinski definition) is 1. The van der Waals surface area contributed by atoms with E-state index in [4.69, 9.17) is 0 Å². The Morgan fingerprint density at radius 2 is 1.96 bits per heavy atom. The maximum absolute atomic E-state index is 13.2. The molecule has 0 spiro atoms. The number of aromatic nitrogens is 2. The number of thioether (sulfide) groups is 1. The number of nitrogens with zero attached hydrogens (tertiary/aromatic N) is 2. The molecule has 1 aliphatic rings. The molecular formula is C22H23N3OS. The first-order valence-electron chi connectivity index (χ1n) is 9.06. The van der Waals surface area contributed by atoms with E-state index in [1.807, 2.05) is 29.2 Å². The van der Waals surface area contributed by atoms with Gasteiger partial charge in [0.15, 0.2) is 5.16 Å². The van der Waals surface area contributed by atoms with Crippen LogP contribution in [0.5, 0.6) is 0 Å². The van der Waals surface area contributed by atoms with Crippen LogP contribution >= 0.6 is 11.8 Å². The summed E-state index contributed by atoms with van der Waals surface area (Å²) in [6, 6.07) is 14.2. The second-order valence-corrected chi connectivity index (χ2v) is 8.54. The third-order valence-corrected chi connectivity index (χ3v) is 5.77. The van der Waals surface area contributed by atoms with Crippen molar-refractivity contribution >= 4 is 40.0 Å². The van der Waals surface area contributed by atoms with Gasteiger partial charge in [-0.2, -0.15) is 0 Å². The number of imidazole rings is 1. The predicted molar refractivity (Wildman–Crippen MR) is 113 cm³/mol. The van der Waals surface area contributed by atoms with Crippen molar-refractivity contribution in [2.24, 2.45) is 0 Å². The van der Waals surface area contributed by atoms with Gasteiger partial charge in [-0.25, -0.2) is 4.98 Å². The van der Waals surface area contributed by atoms with Crippen molar-refractivity contribution in [3.05, 3.63) is 59.7 Å². The summed E-state index contributed by atoms with van der Waals surface area (Å²) >= 11 is 1.45. The van der Waals surface area contributed by atoms with Crippen LogP contribution in [0.3, 0.4) is 0 Å². The minimum absolute atomic E-state index is 0.0827. The smallest absolute Gasteiger partial charge is 0.238 e. The lowest BCUT2D eigenvalue weighted by atomic mass is 9.88. The summed E-state index contributed by atoms with van der Waals surface area (Å²) < 4.78 is 0. The highest BCUT2D eigenvalue weighted by Crippen LogP contribution is 2.39. The van der Waals surface area contributed by atoms with Gasteiger partial charge in [-0.3, -0.25) is 4.79 Å². The van der Waals surface area contributed by atoms with Gasteiger partial charge in [-0.15, -0.1) is 0 Å². The number of aryl methyl sites for hydroxylation is 1. The molecule has 0 aliphatic carbocycles. The Balaban J connectivity index is 1.60. The van der Waals surface area contributed by atoms with Gasteiger partial charge >= 0.3 is 0 Å². The van der Waals surface area contributed by atoms with E-state index < -0.39 is 0 Å². The second-order valence-electron chi connectivity index (χ2n) is 7.58. The average molecular weight is 378 g/mol. The van der Waals surface area contributed by atoms with Crippen molar-refractivity contribution < 1.29 is 4.79 Å². The largest absolute Gasteiger partial charge is 0.333 e. The van der Waals surface area contributed by atoms with Crippen LogP contribution in [0.4, 0.5) is 5.69 Å². The quantitative estimate of drug-likeness (QED) is 0.639. The molecule has 1 N–H and O–H groups in total. The molecule has 0 unspecified atom stereocenters. The van der Waals surface area contributed by atoms with Crippen molar-refractivity contribution in [1.29, 1.82) is 0 Å². The summed E-state index contributed by atoms with van der Waals surface area (Å²) in [7, 11) is 0. The van der Waals surface area contributed by atoms with Crippen LogP contribution in [-0.4, -0.2) is 27.2 Å². The number of H-pyrrole nitrogens is 1. The second kappa shape index (κ2) is 6.57. The van der Waals surface area contributed by atoms with E-state index in [0.717, 1.165) is 27.4 Å². The van der Waals surface area contributed by atoms with E-state index >= 15 is 0 Å². The van der Waals surface area contributed by atoms with E-state index in [1.54, 1.807) is 0 Å². The molecule has 2 aromatic carbocycles. The first-order chi connectivity index (χ1) is 12.8. The van der Waals surface area contributed by atoms with Gasteiger partial charge < -0.3 is 9.88 Å². The highest BCUT2D eigenvalue weighted by Gasteiger charge is 2.35. The maximum atomic E-state index is 13.2. The molecule has 0 saturated heterocycles. The maximum Gasteiger partial charge on any atom is 0.238 e. The zero-order valence-electron chi connectivity index (χ0n) is 16.0. The van der Waals surface area contributed by atoms with Crippen molar-refractivity contribution in [1.82, 2.24) is 9.97 Å². The number of rotatable bonds is 3. The molecule has 138 valence electrons. The van der Waals surface area contributed by atoms with E-state index in [2.05, 4.69) is 61.9 Å². The van der Waals surface area contributed by atoms with Crippen LogP contribution in [0.2, 0.25) is 0 Å². The fraction of sp³-hybridized carbons (Fsp3) is 0.273. The number of para-hydroxylation sites is 2. The fourth-order valence-corrected chi connectivity index (χ4v) is 4.53. The Labute approximate surface area is 163 Å². The van der Waals surface area contributed by atoms with Crippen molar-refractivity contribution in [3.8, 4) is 0 Å². The summed E-state index contributed by atoms with van der Waals surface area (Å²) in [5.41, 5.74) is 6.09. The summed E-state index contributed by atoms with van der Waals surface area (Å²) in [6.45, 7) is 8.37. The minimum atomic E-state index is -0.363. The molecule has 3 aromatic rings. The van der Waals surface area contributed by atoms with E-state index in [1.165, 1.54) is 22.9 Å². The van der Waals surface area contributed by atoms with Gasteiger partial charge in [-0.1, -0.05) is 41.6 Å². The summed E-state index contributed by atoms with van der Waals surface area (Å²) in [5, 5.41) is 0.773. The van der Waals surface area contributed by atoms with Crippen LogP contribution in [-0.2, 0) is 4.79 Å². The Hall–Kier alpha value is -2.53. The number of aromatic amines is 1. The van der Waals surface area contributed by atoms with Crippen molar-refractivity contribution in [2.75, 3.05) is 10.7 Å². The number of nitrogens with one attached hydrogen (secondary N) is 1. The molecule has 1 aliphatic heterocycles. The standard InChI is InChI=1S/C22H23N3OS/c1-14-9-10-19-16(11-14)15(2)12-22(3,4)25(19)20(26)13-27-21-23-17-7-5-6-8-18(17)24-21/h5-12H,13H2,1-4H3,(H,23,24). The molecule has 0 fully saturated rings. The third kappa shape index (κ3) is 3.28. The van der Waals surface area contributed by atoms with Crippen LogP contribution in [0, 0.1) is 6.92 Å². The lowest BCUT2D eigenvalue weighted by Gasteiger charge is -2.41. The van der Waals surface area contributed by atoms with Crippen molar-refractivity contribution in [3.63, 3.8) is 0 Å². The van der Waals surface area contributed by atoms with Gasteiger partial charge in [0, 0.05) is 5.56 Å². The van der Waals surface area contributed by atoms with Gasteiger partial charge in [0.1, 0.15) is 0 Å². The van der Waals surface area contributed by atoms with Gasteiger partial charge in [-0.05, 0) is 57.5 Å². The lowest BCUT2D eigenvalue weighted by molar-refractivity contribution is -0.116. The first kappa shape index (κ1) is 17.9. The SMILES string of the molecule is CC1=CC(C)(C)N(C(=O)CSc2nc3ccccc3[nH]2)c2ccc(C)cc21. The normalized spacial score (nSPS) is 15.6. The summed E-state index contributed by atoms with van der Waals surface area (Å²) in [4.78, 5) is 22.9. The minimum Gasteiger partial charge on any atom is -0.333 e. The predicted octanol–water partition coefficient (Wildman–Crippen LogP) is 5.19. The number of anilines is 1. The number of fused-ring (bicyclic) bond motifs is 2. The first-order valence-corrected chi connectivity index (χ1v) is 10.0.